The van der Waals surface area contributed by atoms with E-state index in [0.717, 1.165) is 45.0 Å². The standard InChI is InChI=1S/C17H16BrN3O2/c18-12-2-4-16-20-17(13(5-6-19)21(16)10-12)11-1-3-14-15(9-11)23-8-7-22-14/h1-4,9-10H,5-8,19H2. The molecule has 1 aromatic carbocycles. The summed E-state index contributed by atoms with van der Waals surface area (Å²) in [6.07, 6.45) is 2.77. The van der Waals surface area contributed by atoms with Gasteiger partial charge in [0.2, 0.25) is 0 Å². The van der Waals surface area contributed by atoms with Gasteiger partial charge in [-0.3, -0.25) is 0 Å². The first-order valence-corrected chi connectivity index (χ1v) is 8.32. The monoisotopic (exact) mass is 373 g/mol. The predicted molar refractivity (Wildman–Crippen MR) is 92.1 cm³/mol. The predicted octanol–water partition coefficient (Wildman–Crippen LogP) is 3.04. The molecule has 2 aromatic heterocycles. The lowest BCUT2D eigenvalue weighted by molar-refractivity contribution is 0.171. The van der Waals surface area contributed by atoms with E-state index in [4.69, 9.17) is 20.2 Å². The second-order valence-corrected chi connectivity index (χ2v) is 6.30. The lowest BCUT2D eigenvalue weighted by Gasteiger charge is -2.18. The van der Waals surface area contributed by atoms with E-state index in [1.54, 1.807) is 0 Å². The summed E-state index contributed by atoms with van der Waals surface area (Å²) in [5, 5.41) is 0. The summed E-state index contributed by atoms with van der Waals surface area (Å²) in [4.78, 5) is 4.78. The Morgan fingerprint density at radius 1 is 1.13 bits per heavy atom. The summed E-state index contributed by atoms with van der Waals surface area (Å²) in [6.45, 7) is 1.73. The number of halogens is 1. The molecule has 0 atom stereocenters. The van der Waals surface area contributed by atoms with Crippen molar-refractivity contribution in [3.8, 4) is 22.8 Å². The molecule has 3 aromatic rings. The maximum Gasteiger partial charge on any atom is 0.162 e. The summed E-state index contributed by atoms with van der Waals surface area (Å²) in [5.41, 5.74) is 9.76. The molecule has 1 aliphatic heterocycles. The van der Waals surface area contributed by atoms with Crippen LogP contribution >= 0.6 is 15.9 Å². The van der Waals surface area contributed by atoms with Crippen LogP contribution in [-0.2, 0) is 6.42 Å². The number of pyridine rings is 1. The van der Waals surface area contributed by atoms with Crippen LogP contribution in [0.4, 0.5) is 0 Å². The molecule has 0 amide bonds. The molecule has 0 aliphatic carbocycles. The zero-order valence-electron chi connectivity index (χ0n) is 12.5. The molecule has 23 heavy (non-hydrogen) atoms. The Hall–Kier alpha value is -2.05. The molecular weight excluding hydrogens is 358 g/mol. The van der Waals surface area contributed by atoms with Gasteiger partial charge in [0.05, 0.1) is 11.4 Å². The van der Waals surface area contributed by atoms with E-state index in [-0.39, 0.29) is 0 Å². The Bertz CT molecular complexity index is 876. The highest BCUT2D eigenvalue weighted by molar-refractivity contribution is 9.10. The molecule has 2 N–H and O–H groups in total. The Morgan fingerprint density at radius 3 is 2.78 bits per heavy atom. The van der Waals surface area contributed by atoms with Crippen molar-refractivity contribution < 1.29 is 9.47 Å². The number of imidazole rings is 1. The van der Waals surface area contributed by atoms with Crippen molar-refractivity contribution in [2.45, 2.75) is 6.42 Å². The summed E-state index contributed by atoms with van der Waals surface area (Å²) in [7, 11) is 0. The van der Waals surface area contributed by atoms with Gasteiger partial charge in [0, 0.05) is 22.7 Å². The fourth-order valence-electron chi connectivity index (χ4n) is 2.86. The number of nitrogens with two attached hydrogens (primary N) is 1. The topological polar surface area (TPSA) is 61.8 Å². The first kappa shape index (κ1) is 14.5. The minimum Gasteiger partial charge on any atom is -0.486 e. The third-order valence-electron chi connectivity index (χ3n) is 3.88. The number of fused-ring (bicyclic) bond motifs is 2. The van der Waals surface area contributed by atoms with Gasteiger partial charge in [0.1, 0.15) is 18.9 Å². The van der Waals surface area contributed by atoms with Gasteiger partial charge >= 0.3 is 0 Å². The van der Waals surface area contributed by atoms with Crippen molar-refractivity contribution in [2.75, 3.05) is 19.8 Å². The summed E-state index contributed by atoms with van der Waals surface area (Å²) in [6, 6.07) is 9.93. The van der Waals surface area contributed by atoms with E-state index in [0.29, 0.717) is 19.8 Å². The molecule has 0 fully saturated rings. The highest BCUT2D eigenvalue weighted by atomic mass is 79.9. The van der Waals surface area contributed by atoms with Crippen molar-refractivity contribution in [1.82, 2.24) is 9.38 Å². The van der Waals surface area contributed by atoms with E-state index < -0.39 is 0 Å². The van der Waals surface area contributed by atoms with Crippen molar-refractivity contribution >= 4 is 21.6 Å². The molecule has 5 nitrogen and oxygen atoms in total. The minimum absolute atomic E-state index is 0.567. The SMILES string of the molecule is NCCc1c(-c2ccc3c(c2)OCCO3)nc2ccc(Br)cn12. The normalized spacial score (nSPS) is 13.5. The highest BCUT2D eigenvalue weighted by Gasteiger charge is 2.17. The fraction of sp³-hybridized carbons (Fsp3) is 0.235. The third kappa shape index (κ3) is 2.58. The molecular formula is C17H16BrN3O2. The number of hydrogen-bond acceptors (Lipinski definition) is 4. The molecule has 0 unspecified atom stereocenters. The van der Waals surface area contributed by atoms with Gasteiger partial charge in [-0.15, -0.1) is 0 Å². The molecule has 0 bridgehead atoms. The maximum atomic E-state index is 5.81. The van der Waals surface area contributed by atoms with Crippen LogP contribution in [0.5, 0.6) is 11.5 Å². The highest BCUT2D eigenvalue weighted by Crippen LogP contribution is 2.35. The quantitative estimate of drug-likeness (QED) is 0.766. The molecule has 1 aliphatic rings. The first-order valence-electron chi connectivity index (χ1n) is 7.53. The van der Waals surface area contributed by atoms with E-state index in [1.165, 1.54) is 0 Å². The van der Waals surface area contributed by atoms with Crippen LogP contribution in [0.15, 0.2) is 41.0 Å². The number of nitrogens with zero attached hydrogens (tertiary/aromatic N) is 2. The average molecular weight is 374 g/mol. The Labute approximate surface area is 142 Å². The van der Waals surface area contributed by atoms with Crippen LogP contribution in [0.25, 0.3) is 16.9 Å². The molecule has 4 rings (SSSR count). The largest absolute Gasteiger partial charge is 0.486 e. The lowest BCUT2D eigenvalue weighted by atomic mass is 10.1. The Balaban J connectivity index is 1.89. The minimum atomic E-state index is 0.567. The molecule has 0 saturated heterocycles. The fourth-order valence-corrected chi connectivity index (χ4v) is 3.20. The molecule has 0 saturated carbocycles. The second-order valence-electron chi connectivity index (χ2n) is 5.38. The zero-order valence-corrected chi connectivity index (χ0v) is 14.0. The maximum absolute atomic E-state index is 5.81. The second kappa shape index (κ2) is 5.86. The van der Waals surface area contributed by atoms with Crippen LogP contribution in [0.2, 0.25) is 0 Å². The summed E-state index contributed by atoms with van der Waals surface area (Å²) in [5.74, 6) is 1.55. The zero-order chi connectivity index (χ0) is 15.8. The number of aromatic nitrogens is 2. The van der Waals surface area contributed by atoms with Crippen molar-refractivity contribution in [2.24, 2.45) is 5.73 Å². The van der Waals surface area contributed by atoms with E-state index in [9.17, 15) is 0 Å². The first-order chi connectivity index (χ1) is 11.3. The van der Waals surface area contributed by atoms with Crippen molar-refractivity contribution in [3.63, 3.8) is 0 Å². The van der Waals surface area contributed by atoms with Crippen molar-refractivity contribution in [1.29, 1.82) is 0 Å². The van der Waals surface area contributed by atoms with Crippen LogP contribution in [0.1, 0.15) is 5.69 Å². The van der Waals surface area contributed by atoms with Crippen LogP contribution in [-0.4, -0.2) is 29.1 Å². The number of hydrogen-bond donors (Lipinski definition) is 1. The van der Waals surface area contributed by atoms with Gasteiger partial charge in [-0.05, 0) is 52.8 Å². The smallest absolute Gasteiger partial charge is 0.162 e. The van der Waals surface area contributed by atoms with Crippen LogP contribution in [0.3, 0.4) is 0 Å². The Morgan fingerprint density at radius 2 is 1.96 bits per heavy atom. The van der Waals surface area contributed by atoms with E-state index in [2.05, 4.69) is 20.3 Å². The van der Waals surface area contributed by atoms with Gasteiger partial charge in [-0.25, -0.2) is 4.98 Å². The summed E-state index contributed by atoms with van der Waals surface area (Å²) >= 11 is 3.52. The van der Waals surface area contributed by atoms with Crippen LogP contribution < -0.4 is 15.2 Å². The van der Waals surface area contributed by atoms with Gasteiger partial charge in [0.25, 0.3) is 0 Å². The van der Waals surface area contributed by atoms with Gasteiger partial charge < -0.3 is 19.6 Å². The number of benzene rings is 1. The van der Waals surface area contributed by atoms with Gasteiger partial charge in [-0.2, -0.15) is 0 Å². The molecule has 0 spiro atoms. The number of ether oxygens (including phenoxy) is 2. The van der Waals surface area contributed by atoms with Crippen molar-refractivity contribution in [3.05, 3.63) is 46.7 Å². The molecule has 0 radical (unpaired) electrons. The molecule has 3 heterocycles. The average Bonchev–Trinajstić information content (AvgIpc) is 2.93. The summed E-state index contributed by atoms with van der Waals surface area (Å²) < 4.78 is 14.4. The number of rotatable bonds is 3. The molecule has 6 heteroatoms. The third-order valence-corrected chi connectivity index (χ3v) is 4.35. The van der Waals surface area contributed by atoms with Crippen LogP contribution in [0, 0.1) is 0 Å². The van der Waals surface area contributed by atoms with E-state index >= 15 is 0 Å². The lowest BCUT2D eigenvalue weighted by Crippen LogP contribution is -2.15. The Kier molecular flexibility index (Phi) is 3.71. The van der Waals surface area contributed by atoms with Gasteiger partial charge in [-0.1, -0.05) is 0 Å². The van der Waals surface area contributed by atoms with Gasteiger partial charge in [0.15, 0.2) is 11.5 Å². The van der Waals surface area contributed by atoms with E-state index in [1.807, 2.05) is 36.5 Å². The molecule has 118 valence electrons.